The molecule has 2 heterocycles. The van der Waals surface area contributed by atoms with E-state index in [2.05, 4.69) is 28.3 Å². The lowest BCUT2D eigenvalue weighted by Gasteiger charge is -2.23. The molecule has 0 fully saturated rings. The van der Waals surface area contributed by atoms with E-state index in [-0.39, 0.29) is 24.1 Å². The molecule has 0 bridgehead atoms. The first kappa shape index (κ1) is 22.1. The largest absolute Gasteiger partial charge is 0.497 e. The molecule has 9 heteroatoms. The number of nitrogens with one attached hydrogen (secondary N) is 1. The number of anilines is 2. The summed E-state index contributed by atoms with van der Waals surface area (Å²) in [6.07, 6.45) is 2.22. The van der Waals surface area contributed by atoms with Crippen LogP contribution in [0, 0.1) is 0 Å². The van der Waals surface area contributed by atoms with Gasteiger partial charge in [-0.1, -0.05) is 30.3 Å². The van der Waals surface area contributed by atoms with Crippen LogP contribution in [-0.2, 0) is 17.8 Å². The van der Waals surface area contributed by atoms with Gasteiger partial charge in [0.15, 0.2) is 0 Å². The van der Waals surface area contributed by atoms with Crippen molar-refractivity contribution >= 4 is 23.5 Å². The molecule has 1 aliphatic rings. The highest BCUT2D eigenvalue weighted by Gasteiger charge is 2.30. The molecule has 2 N–H and O–H groups in total. The van der Waals surface area contributed by atoms with Crippen molar-refractivity contribution < 1.29 is 24.2 Å². The first-order chi connectivity index (χ1) is 16.0. The predicted octanol–water partition coefficient (Wildman–Crippen LogP) is 2.96. The SMILES string of the molecule is COc1ccc(COc2nc(N3c4ccccc4CC3C)ncc2C(=O)NCC(=O)O)cc1. The average Bonchev–Trinajstić information content (AvgIpc) is 3.17. The number of carboxylic acids is 1. The second-order valence-corrected chi connectivity index (χ2v) is 7.65. The summed E-state index contributed by atoms with van der Waals surface area (Å²) in [7, 11) is 1.59. The summed E-state index contributed by atoms with van der Waals surface area (Å²) in [5, 5.41) is 11.2. The van der Waals surface area contributed by atoms with Crippen molar-refractivity contribution in [2.75, 3.05) is 18.6 Å². The molecule has 0 radical (unpaired) electrons. The van der Waals surface area contributed by atoms with E-state index in [0.29, 0.717) is 5.95 Å². The average molecular weight is 448 g/mol. The minimum absolute atomic E-state index is 0.0636. The monoisotopic (exact) mass is 448 g/mol. The van der Waals surface area contributed by atoms with Gasteiger partial charge < -0.3 is 24.8 Å². The Morgan fingerprint density at radius 3 is 2.67 bits per heavy atom. The van der Waals surface area contributed by atoms with E-state index in [4.69, 9.17) is 14.6 Å². The highest BCUT2D eigenvalue weighted by atomic mass is 16.5. The smallest absolute Gasteiger partial charge is 0.322 e. The zero-order valence-corrected chi connectivity index (χ0v) is 18.3. The molecular formula is C24H24N4O5. The Balaban J connectivity index is 1.64. The fraction of sp³-hybridized carbons (Fsp3) is 0.250. The van der Waals surface area contributed by atoms with Crippen LogP contribution in [0.25, 0.3) is 0 Å². The van der Waals surface area contributed by atoms with Crippen LogP contribution in [0.15, 0.2) is 54.7 Å². The van der Waals surface area contributed by atoms with Crippen LogP contribution >= 0.6 is 0 Å². The molecule has 0 saturated heterocycles. The van der Waals surface area contributed by atoms with E-state index in [9.17, 15) is 9.59 Å². The van der Waals surface area contributed by atoms with Crippen LogP contribution in [-0.4, -0.2) is 46.6 Å². The topological polar surface area (TPSA) is 114 Å². The third-order valence-corrected chi connectivity index (χ3v) is 5.34. The molecule has 3 aromatic rings. The van der Waals surface area contributed by atoms with Crippen LogP contribution in [0.5, 0.6) is 11.6 Å². The predicted molar refractivity (Wildman–Crippen MR) is 121 cm³/mol. The second kappa shape index (κ2) is 9.56. The summed E-state index contributed by atoms with van der Waals surface area (Å²) in [6.45, 7) is 1.72. The number of hydrogen-bond donors (Lipinski definition) is 2. The Kier molecular flexibility index (Phi) is 6.39. The van der Waals surface area contributed by atoms with Crippen molar-refractivity contribution in [2.45, 2.75) is 26.0 Å². The van der Waals surface area contributed by atoms with Gasteiger partial charge in [-0.05, 0) is 42.7 Å². The maximum atomic E-state index is 12.6. The van der Waals surface area contributed by atoms with Gasteiger partial charge in [-0.3, -0.25) is 9.59 Å². The first-order valence-corrected chi connectivity index (χ1v) is 10.5. The van der Waals surface area contributed by atoms with Crippen molar-refractivity contribution in [3.63, 3.8) is 0 Å². The van der Waals surface area contributed by atoms with E-state index >= 15 is 0 Å². The van der Waals surface area contributed by atoms with Crippen LogP contribution in [0.1, 0.15) is 28.4 Å². The fourth-order valence-electron chi connectivity index (χ4n) is 3.73. The second-order valence-electron chi connectivity index (χ2n) is 7.65. The summed E-state index contributed by atoms with van der Waals surface area (Å²) in [5.74, 6) is -0.562. The van der Waals surface area contributed by atoms with Gasteiger partial charge in [0.1, 0.15) is 24.5 Å². The van der Waals surface area contributed by atoms with E-state index < -0.39 is 18.4 Å². The van der Waals surface area contributed by atoms with Crippen molar-refractivity contribution in [1.29, 1.82) is 0 Å². The Hall–Kier alpha value is -4.14. The van der Waals surface area contributed by atoms with Crippen molar-refractivity contribution in [1.82, 2.24) is 15.3 Å². The van der Waals surface area contributed by atoms with E-state index in [0.717, 1.165) is 23.4 Å². The number of carbonyl (C=O) groups excluding carboxylic acids is 1. The van der Waals surface area contributed by atoms with E-state index in [1.165, 1.54) is 11.8 Å². The molecule has 0 saturated carbocycles. The molecule has 0 spiro atoms. The number of fused-ring (bicyclic) bond motifs is 1. The summed E-state index contributed by atoms with van der Waals surface area (Å²) in [4.78, 5) is 34.4. The Morgan fingerprint density at radius 1 is 1.18 bits per heavy atom. The highest BCUT2D eigenvalue weighted by Crippen LogP contribution is 2.37. The first-order valence-electron chi connectivity index (χ1n) is 10.5. The molecule has 1 aromatic heterocycles. The number of nitrogens with zero attached hydrogens (tertiary/aromatic N) is 3. The van der Waals surface area contributed by atoms with Crippen molar-refractivity contribution in [3.05, 3.63) is 71.4 Å². The molecule has 2 aromatic carbocycles. The number of methoxy groups -OCH3 is 1. The molecule has 9 nitrogen and oxygen atoms in total. The standard InChI is InChI=1S/C24H24N4O5/c1-15-11-17-5-3-4-6-20(17)28(15)24-26-12-19(22(31)25-13-21(29)30)23(27-24)33-14-16-7-9-18(32-2)10-8-16/h3-10,12,15H,11,13-14H2,1-2H3,(H,25,31)(H,29,30). The van der Waals surface area contributed by atoms with Crippen molar-refractivity contribution in [2.24, 2.45) is 0 Å². The van der Waals surface area contributed by atoms with E-state index in [1.807, 2.05) is 47.4 Å². The minimum atomic E-state index is -1.15. The number of rotatable bonds is 8. The zero-order chi connectivity index (χ0) is 23.4. The Morgan fingerprint density at radius 2 is 1.94 bits per heavy atom. The van der Waals surface area contributed by atoms with Crippen LogP contribution in [0.4, 0.5) is 11.6 Å². The highest BCUT2D eigenvalue weighted by molar-refractivity contribution is 5.97. The maximum Gasteiger partial charge on any atom is 0.322 e. The number of carbonyl (C=O) groups is 2. The lowest BCUT2D eigenvalue weighted by atomic mass is 10.1. The van der Waals surface area contributed by atoms with Crippen molar-refractivity contribution in [3.8, 4) is 11.6 Å². The molecule has 33 heavy (non-hydrogen) atoms. The lowest BCUT2D eigenvalue weighted by Crippen LogP contribution is -2.31. The molecule has 170 valence electrons. The fourth-order valence-corrected chi connectivity index (χ4v) is 3.73. The minimum Gasteiger partial charge on any atom is -0.497 e. The normalized spacial score (nSPS) is 14.5. The third kappa shape index (κ3) is 4.87. The van der Waals surface area contributed by atoms with Gasteiger partial charge >= 0.3 is 5.97 Å². The van der Waals surface area contributed by atoms with Gasteiger partial charge in [0, 0.05) is 17.9 Å². The summed E-state index contributed by atoms with van der Waals surface area (Å²) >= 11 is 0. The van der Waals surface area contributed by atoms with Crippen LogP contribution in [0.3, 0.4) is 0 Å². The third-order valence-electron chi connectivity index (χ3n) is 5.34. The van der Waals surface area contributed by atoms with Gasteiger partial charge in [-0.15, -0.1) is 0 Å². The molecule has 1 amide bonds. The number of ether oxygens (including phenoxy) is 2. The van der Waals surface area contributed by atoms with Gasteiger partial charge in [-0.2, -0.15) is 4.98 Å². The molecule has 1 atom stereocenters. The summed E-state index contributed by atoms with van der Waals surface area (Å²) < 4.78 is 11.1. The number of aliphatic carboxylic acids is 1. The number of aromatic nitrogens is 2. The Bertz CT molecular complexity index is 1170. The van der Waals surface area contributed by atoms with Crippen LogP contribution < -0.4 is 19.7 Å². The molecule has 1 aliphatic heterocycles. The molecule has 1 unspecified atom stereocenters. The van der Waals surface area contributed by atoms with E-state index in [1.54, 1.807) is 7.11 Å². The van der Waals surface area contributed by atoms with Gasteiger partial charge in [0.25, 0.3) is 5.91 Å². The summed E-state index contributed by atoms with van der Waals surface area (Å²) in [6, 6.07) is 15.5. The quantitative estimate of drug-likeness (QED) is 0.541. The van der Waals surface area contributed by atoms with Gasteiger partial charge in [0.05, 0.1) is 7.11 Å². The van der Waals surface area contributed by atoms with Gasteiger partial charge in [-0.25, -0.2) is 4.98 Å². The molecule has 4 rings (SSSR count). The number of para-hydroxylation sites is 1. The van der Waals surface area contributed by atoms with Gasteiger partial charge in [0.2, 0.25) is 11.8 Å². The number of hydrogen-bond acceptors (Lipinski definition) is 7. The summed E-state index contributed by atoms with van der Waals surface area (Å²) in [5.41, 5.74) is 3.12. The zero-order valence-electron chi connectivity index (χ0n) is 18.3. The lowest BCUT2D eigenvalue weighted by molar-refractivity contribution is -0.135. The number of carboxylic acid groups (broad SMARTS) is 1. The van der Waals surface area contributed by atoms with Crippen LogP contribution in [0.2, 0.25) is 0 Å². The maximum absolute atomic E-state index is 12.6. The molecular weight excluding hydrogens is 424 g/mol. The Labute approximate surface area is 191 Å². The molecule has 0 aliphatic carbocycles. The number of benzene rings is 2. The number of amides is 1.